The molecule has 2 aromatic rings. The largest absolute Gasteiger partial charge is 0.324 e. The van der Waals surface area contributed by atoms with E-state index < -0.39 is 15.9 Å². The number of nitrogens with one attached hydrogen (secondary N) is 1. The minimum atomic E-state index is -3.64. The fraction of sp³-hybridized carbons (Fsp3) is 0.316. The van der Waals surface area contributed by atoms with Crippen molar-refractivity contribution in [2.75, 3.05) is 18.4 Å². The van der Waals surface area contributed by atoms with E-state index >= 15 is 0 Å². The van der Waals surface area contributed by atoms with Gasteiger partial charge in [-0.15, -0.1) is 0 Å². The van der Waals surface area contributed by atoms with Crippen LogP contribution in [0.4, 0.5) is 5.69 Å². The van der Waals surface area contributed by atoms with Crippen LogP contribution < -0.4 is 5.32 Å². The molecule has 0 aliphatic carbocycles. The summed E-state index contributed by atoms with van der Waals surface area (Å²) in [6, 6.07) is 9.47. The van der Waals surface area contributed by atoms with Crippen molar-refractivity contribution in [3.63, 3.8) is 0 Å². The van der Waals surface area contributed by atoms with Crippen molar-refractivity contribution >= 4 is 68.0 Å². The number of hydrogen-bond acceptors (Lipinski definition) is 3. The third-order valence-electron chi connectivity index (χ3n) is 4.69. The fourth-order valence-electron chi connectivity index (χ4n) is 3.16. The molecule has 1 aliphatic rings. The normalized spacial score (nSPS) is 17.9. The van der Waals surface area contributed by atoms with Gasteiger partial charge in [-0.1, -0.05) is 52.5 Å². The number of benzene rings is 2. The molecule has 1 saturated heterocycles. The van der Waals surface area contributed by atoms with Crippen molar-refractivity contribution < 1.29 is 13.2 Å². The molecule has 10 heteroatoms. The van der Waals surface area contributed by atoms with Gasteiger partial charge in [0.2, 0.25) is 15.9 Å². The molecule has 0 saturated carbocycles. The molecule has 1 aliphatic heterocycles. The lowest BCUT2D eigenvalue weighted by molar-refractivity contribution is -0.120. The monoisotopic (exact) mass is 494 g/mol. The first-order valence-corrected chi connectivity index (χ1v) is 12.0. The van der Waals surface area contributed by atoms with Crippen molar-refractivity contribution in [2.24, 2.45) is 5.92 Å². The molecule has 1 fully saturated rings. The second-order valence-corrected chi connectivity index (χ2v) is 10.5. The maximum absolute atomic E-state index is 12.9. The lowest BCUT2D eigenvalue weighted by Crippen LogP contribution is -2.44. The van der Waals surface area contributed by atoms with E-state index in [1.807, 2.05) is 0 Å². The van der Waals surface area contributed by atoms with Gasteiger partial charge in [-0.3, -0.25) is 4.79 Å². The lowest BCUT2D eigenvalue weighted by atomic mass is 9.99. The van der Waals surface area contributed by atoms with E-state index in [2.05, 4.69) is 5.32 Å². The lowest BCUT2D eigenvalue weighted by Gasteiger charge is -2.31. The summed E-state index contributed by atoms with van der Waals surface area (Å²) >= 11 is 24.0. The number of sulfonamides is 1. The number of nitrogens with zero attached hydrogens (tertiary/aromatic N) is 1. The van der Waals surface area contributed by atoms with Gasteiger partial charge in [-0.25, -0.2) is 12.7 Å². The van der Waals surface area contributed by atoms with E-state index in [4.69, 9.17) is 46.4 Å². The Balaban J connectivity index is 1.69. The van der Waals surface area contributed by atoms with Gasteiger partial charge in [-0.05, 0) is 48.7 Å². The van der Waals surface area contributed by atoms with E-state index in [-0.39, 0.29) is 18.2 Å². The average molecular weight is 496 g/mol. The van der Waals surface area contributed by atoms with E-state index in [0.29, 0.717) is 50.7 Å². The summed E-state index contributed by atoms with van der Waals surface area (Å²) in [7, 11) is -3.64. The molecule has 3 rings (SSSR count). The van der Waals surface area contributed by atoms with E-state index in [0.717, 1.165) is 0 Å². The first-order valence-electron chi connectivity index (χ1n) is 8.83. The van der Waals surface area contributed by atoms with Crippen LogP contribution in [0.3, 0.4) is 0 Å². The molecule has 1 amide bonds. The Bertz CT molecular complexity index is 1030. The molecule has 0 aromatic heterocycles. The van der Waals surface area contributed by atoms with Crippen LogP contribution in [0.2, 0.25) is 20.1 Å². The minimum absolute atomic E-state index is 0.102. The number of hydrogen-bond donors (Lipinski definition) is 1. The highest BCUT2D eigenvalue weighted by atomic mass is 35.5. The summed E-state index contributed by atoms with van der Waals surface area (Å²) in [6.07, 6.45) is 1.17. The second kappa shape index (κ2) is 9.41. The summed E-state index contributed by atoms with van der Waals surface area (Å²) in [6.45, 7) is 0.462. The molecule has 2 aromatic carbocycles. The zero-order valence-corrected chi connectivity index (χ0v) is 19.0. The molecule has 1 heterocycles. The van der Waals surface area contributed by atoms with Crippen LogP contribution in [0.25, 0.3) is 0 Å². The van der Waals surface area contributed by atoms with Crippen LogP contribution in [-0.2, 0) is 20.6 Å². The molecular weight excluding hydrogens is 478 g/mol. The van der Waals surface area contributed by atoms with Crippen LogP contribution in [0.15, 0.2) is 36.4 Å². The third kappa shape index (κ3) is 5.78. The van der Waals surface area contributed by atoms with Crippen molar-refractivity contribution in [3.05, 3.63) is 62.1 Å². The topological polar surface area (TPSA) is 66.5 Å². The number of carbonyl (C=O) groups excluding carboxylic acids is 1. The maximum atomic E-state index is 12.9. The second-order valence-electron chi connectivity index (χ2n) is 6.80. The van der Waals surface area contributed by atoms with Crippen LogP contribution in [-0.4, -0.2) is 31.7 Å². The fourth-order valence-corrected chi connectivity index (χ4v) is 5.81. The van der Waals surface area contributed by atoms with Gasteiger partial charge in [0.15, 0.2) is 0 Å². The Morgan fingerprint density at radius 2 is 1.69 bits per heavy atom. The van der Waals surface area contributed by atoms with Crippen molar-refractivity contribution in [2.45, 2.75) is 18.6 Å². The van der Waals surface area contributed by atoms with Gasteiger partial charge >= 0.3 is 0 Å². The van der Waals surface area contributed by atoms with Gasteiger partial charge in [0.25, 0.3) is 0 Å². The van der Waals surface area contributed by atoms with Gasteiger partial charge in [0, 0.05) is 28.2 Å². The molecule has 0 unspecified atom stereocenters. The number of halogens is 4. The first kappa shape index (κ1) is 22.7. The van der Waals surface area contributed by atoms with Gasteiger partial charge in [0.05, 0.1) is 22.4 Å². The third-order valence-corrected chi connectivity index (χ3v) is 7.62. The highest BCUT2D eigenvalue weighted by molar-refractivity contribution is 7.88. The number of carbonyl (C=O) groups is 1. The number of anilines is 1. The summed E-state index contributed by atoms with van der Waals surface area (Å²) in [5.41, 5.74) is 0.907. The predicted molar refractivity (Wildman–Crippen MR) is 118 cm³/mol. The van der Waals surface area contributed by atoms with E-state index in [1.165, 1.54) is 16.4 Å². The number of amides is 1. The van der Waals surface area contributed by atoms with E-state index in [1.54, 1.807) is 24.3 Å². The molecule has 5 nitrogen and oxygen atoms in total. The van der Waals surface area contributed by atoms with Crippen LogP contribution >= 0.6 is 46.4 Å². The molecule has 0 bridgehead atoms. The maximum Gasteiger partial charge on any atom is 0.228 e. The Kier molecular flexibility index (Phi) is 7.36. The summed E-state index contributed by atoms with van der Waals surface area (Å²) in [5.74, 6) is -1.01. The Morgan fingerprint density at radius 1 is 1.03 bits per heavy atom. The summed E-state index contributed by atoms with van der Waals surface area (Å²) < 4.78 is 27.1. The van der Waals surface area contributed by atoms with Crippen LogP contribution in [0, 0.1) is 5.92 Å². The van der Waals surface area contributed by atoms with Gasteiger partial charge in [-0.2, -0.15) is 0 Å². The highest BCUT2D eigenvalue weighted by Gasteiger charge is 2.33. The van der Waals surface area contributed by atoms with Crippen LogP contribution in [0.5, 0.6) is 0 Å². The number of piperidine rings is 1. The smallest absolute Gasteiger partial charge is 0.228 e. The molecule has 1 N–H and O–H groups in total. The standard InChI is InChI=1S/C19H18Cl4N2O3S/c20-14-4-3-13(16(22)8-14)11-29(27,28)25-7-1-2-12(10-25)19(26)24-18-6-5-15(21)9-17(18)23/h3-6,8-9,12H,1-2,7,10-11H2,(H,24,26)/t12-/m0/s1. The summed E-state index contributed by atoms with van der Waals surface area (Å²) in [5, 5.41) is 4.27. The zero-order valence-electron chi connectivity index (χ0n) is 15.2. The van der Waals surface area contributed by atoms with Crippen LogP contribution in [0.1, 0.15) is 18.4 Å². The first-order chi connectivity index (χ1) is 13.7. The Morgan fingerprint density at radius 3 is 2.34 bits per heavy atom. The molecule has 0 radical (unpaired) electrons. The quantitative estimate of drug-likeness (QED) is 0.597. The Labute approximate surface area is 189 Å². The van der Waals surface area contributed by atoms with Gasteiger partial charge < -0.3 is 5.32 Å². The van der Waals surface area contributed by atoms with E-state index in [9.17, 15) is 13.2 Å². The molecule has 156 valence electrons. The summed E-state index contributed by atoms with van der Waals surface area (Å²) in [4.78, 5) is 12.7. The predicted octanol–water partition coefficient (Wildman–Crippen LogP) is 5.48. The zero-order chi connectivity index (χ0) is 21.2. The highest BCUT2D eigenvalue weighted by Crippen LogP contribution is 2.29. The molecular formula is C19H18Cl4N2O3S. The van der Waals surface area contributed by atoms with Crippen molar-refractivity contribution in [3.8, 4) is 0 Å². The van der Waals surface area contributed by atoms with Crippen molar-refractivity contribution in [1.29, 1.82) is 0 Å². The molecule has 1 atom stereocenters. The average Bonchev–Trinajstić information content (AvgIpc) is 2.66. The molecule has 29 heavy (non-hydrogen) atoms. The molecule has 0 spiro atoms. The number of rotatable bonds is 5. The van der Waals surface area contributed by atoms with Crippen molar-refractivity contribution in [1.82, 2.24) is 4.31 Å². The SMILES string of the molecule is O=C(Nc1ccc(Cl)cc1Cl)[C@H]1CCCN(S(=O)(=O)Cc2ccc(Cl)cc2Cl)C1. The minimum Gasteiger partial charge on any atom is -0.324 e. The van der Waals surface area contributed by atoms with Gasteiger partial charge in [0.1, 0.15) is 0 Å². The Hall–Kier alpha value is -1.02.